The number of hydrazone groups is 1. The number of nitrogens with zero attached hydrogens (tertiary/aromatic N) is 1. The van der Waals surface area contributed by atoms with Gasteiger partial charge in [0.15, 0.2) is 0 Å². The molecule has 0 fully saturated rings. The molecule has 1 N–H and O–H groups in total. The maximum atomic E-state index is 11.7. The summed E-state index contributed by atoms with van der Waals surface area (Å²) in [6.45, 7) is 2.01. The van der Waals surface area contributed by atoms with Crippen molar-refractivity contribution in [1.82, 2.24) is 5.43 Å². The third-order valence-corrected chi connectivity index (χ3v) is 2.97. The maximum absolute atomic E-state index is 11.7. The van der Waals surface area contributed by atoms with Crippen molar-refractivity contribution in [1.29, 1.82) is 0 Å². The minimum Gasteiger partial charge on any atom is -0.273 e. The van der Waals surface area contributed by atoms with Crippen LogP contribution in [0.5, 0.6) is 0 Å². The molecule has 3 nitrogen and oxygen atoms in total. The van der Waals surface area contributed by atoms with Gasteiger partial charge < -0.3 is 0 Å². The zero-order chi connectivity index (χ0) is 14.4. The van der Waals surface area contributed by atoms with E-state index < -0.39 is 0 Å². The fourth-order valence-electron chi connectivity index (χ4n) is 1.70. The highest BCUT2D eigenvalue weighted by Gasteiger charge is 2.01. The molecule has 0 spiro atoms. The van der Waals surface area contributed by atoms with Crippen molar-refractivity contribution in [2.24, 2.45) is 5.10 Å². The molecule has 0 heterocycles. The molecule has 2 aromatic carbocycles. The number of halogens is 1. The van der Waals surface area contributed by atoms with Crippen LogP contribution in [0, 0.1) is 6.92 Å². The van der Waals surface area contributed by atoms with Crippen LogP contribution in [-0.4, -0.2) is 12.1 Å². The van der Waals surface area contributed by atoms with Gasteiger partial charge in [-0.05, 0) is 30.2 Å². The average Bonchev–Trinajstić information content (AvgIpc) is 2.41. The molecular formula is C16H15ClN2O. The number of nitrogens with one attached hydrogen (secondary N) is 1. The molecule has 2 rings (SSSR count). The first-order valence-corrected chi connectivity index (χ1v) is 6.64. The monoisotopic (exact) mass is 286 g/mol. The Morgan fingerprint density at radius 2 is 2.00 bits per heavy atom. The first-order valence-electron chi connectivity index (χ1n) is 6.26. The number of rotatable bonds is 4. The summed E-state index contributed by atoms with van der Waals surface area (Å²) in [5.74, 6) is -0.146. The molecule has 0 bridgehead atoms. The van der Waals surface area contributed by atoms with E-state index >= 15 is 0 Å². The van der Waals surface area contributed by atoms with Gasteiger partial charge in [0.25, 0.3) is 0 Å². The van der Waals surface area contributed by atoms with Crippen LogP contribution in [0.2, 0.25) is 5.02 Å². The number of carbonyl (C=O) groups is 1. The van der Waals surface area contributed by atoms with Gasteiger partial charge >= 0.3 is 0 Å². The van der Waals surface area contributed by atoms with Crippen LogP contribution < -0.4 is 5.43 Å². The molecule has 4 heteroatoms. The van der Waals surface area contributed by atoms with Crippen molar-refractivity contribution in [3.8, 4) is 0 Å². The van der Waals surface area contributed by atoms with Crippen LogP contribution >= 0.6 is 11.6 Å². The van der Waals surface area contributed by atoms with Crippen molar-refractivity contribution < 1.29 is 4.79 Å². The molecule has 0 saturated carbocycles. The number of hydrogen-bond donors (Lipinski definition) is 1. The third kappa shape index (κ3) is 4.52. The van der Waals surface area contributed by atoms with Crippen molar-refractivity contribution in [3.63, 3.8) is 0 Å². The quantitative estimate of drug-likeness (QED) is 0.680. The second-order valence-corrected chi connectivity index (χ2v) is 4.95. The van der Waals surface area contributed by atoms with Crippen molar-refractivity contribution >= 4 is 23.7 Å². The lowest BCUT2D eigenvalue weighted by Crippen LogP contribution is -2.19. The Morgan fingerprint density at radius 1 is 1.25 bits per heavy atom. The lowest BCUT2D eigenvalue weighted by molar-refractivity contribution is -0.120. The highest BCUT2D eigenvalue weighted by molar-refractivity contribution is 6.30. The molecule has 102 valence electrons. The summed E-state index contributed by atoms with van der Waals surface area (Å²) in [6.07, 6.45) is 1.88. The molecule has 1 amide bonds. The molecule has 0 aromatic heterocycles. The Kier molecular flexibility index (Phi) is 4.91. The first kappa shape index (κ1) is 14.3. The Balaban J connectivity index is 1.87. The topological polar surface area (TPSA) is 41.5 Å². The predicted octanol–water partition coefficient (Wildman–Crippen LogP) is 3.34. The van der Waals surface area contributed by atoms with E-state index in [0.717, 1.165) is 11.1 Å². The van der Waals surface area contributed by atoms with Crippen molar-refractivity contribution in [3.05, 3.63) is 70.2 Å². The molecule has 0 unspecified atom stereocenters. The van der Waals surface area contributed by atoms with Gasteiger partial charge in [0, 0.05) is 5.02 Å². The van der Waals surface area contributed by atoms with Crippen LogP contribution in [0.25, 0.3) is 0 Å². The van der Waals surface area contributed by atoms with E-state index in [2.05, 4.69) is 10.5 Å². The van der Waals surface area contributed by atoms with E-state index in [-0.39, 0.29) is 5.91 Å². The molecule has 20 heavy (non-hydrogen) atoms. The molecular weight excluding hydrogens is 272 g/mol. The fourth-order valence-corrected chi connectivity index (χ4v) is 1.90. The van der Waals surface area contributed by atoms with E-state index in [4.69, 9.17) is 11.6 Å². The van der Waals surface area contributed by atoms with Crippen molar-refractivity contribution in [2.75, 3.05) is 0 Å². The lowest BCUT2D eigenvalue weighted by Gasteiger charge is -2.01. The summed E-state index contributed by atoms with van der Waals surface area (Å²) in [7, 11) is 0. The number of hydrogen-bond acceptors (Lipinski definition) is 2. The molecule has 0 aliphatic carbocycles. The maximum Gasteiger partial charge on any atom is 0.244 e. The summed E-state index contributed by atoms with van der Waals surface area (Å²) >= 11 is 5.86. The van der Waals surface area contributed by atoms with E-state index in [1.807, 2.05) is 43.3 Å². The van der Waals surface area contributed by atoms with Gasteiger partial charge in [-0.3, -0.25) is 4.79 Å². The standard InChI is InChI=1S/C16H15ClN2O/c1-12-5-7-13(8-6-12)10-16(20)19-18-11-14-3-2-4-15(17)9-14/h2-9,11H,10H2,1H3,(H,19,20)/b18-11-. The highest BCUT2D eigenvalue weighted by atomic mass is 35.5. The van der Waals surface area contributed by atoms with E-state index in [1.54, 1.807) is 18.3 Å². The largest absolute Gasteiger partial charge is 0.273 e. The number of carbonyl (C=O) groups excluding carboxylic acids is 1. The van der Waals surface area contributed by atoms with Gasteiger partial charge in [0.1, 0.15) is 0 Å². The summed E-state index contributed by atoms with van der Waals surface area (Å²) in [4.78, 5) is 11.7. The van der Waals surface area contributed by atoms with Crippen LogP contribution in [0.3, 0.4) is 0 Å². The lowest BCUT2D eigenvalue weighted by atomic mass is 10.1. The second kappa shape index (κ2) is 6.87. The normalized spacial score (nSPS) is 10.7. The fraction of sp³-hybridized carbons (Fsp3) is 0.125. The van der Waals surface area contributed by atoms with Gasteiger partial charge in [-0.25, -0.2) is 5.43 Å². The second-order valence-electron chi connectivity index (χ2n) is 4.51. The van der Waals surface area contributed by atoms with Crippen LogP contribution in [-0.2, 0) is 11.2 Å². The number of benzene rings is 2. The third-order valence-electron chi connectivity index (χ3n) is 2.74. The molecule has 0 saturated heterocycles. The molecule has 0 atom stereocenters. The van der Waals surface area contributed by atoms with E-state index in [0.29, 0.717) is 11.4 Å². The Hall–Kier alpha value is -2.13. The summed E-state index contributed by atoms with van der Waals surface area (Å²) in [5, 5.41) is 4.55. The van der Waals surface area contributed by atoms with E-state index in [1.165, 1.54) is 5.56 Å². The zero-order valence-electron chi connectivity index (χ0n) is 11.1. The highest BCUT2D eigenvalue weighted by Crippen LogP contribution is 2.08. The first-order chi connectivity index (χ1) is 9.63. The van der Waals surface area contributed by atoms with E-state index in [9.17, 15) is 4.79 Å². The molecule has 0 aliphatic rings. The molecule has 0 radical (unpaired) electrons. The molecule has 2 aromatic rings. The average molecular weight is 287 g/mol. The van der Waals surface area contributed by atoms with Gasteiger partial charge in [-0.15, -0.1) is 0 Å². The summed E-state index contributed by atoms with van der Waals surface area (Å²) < 4.78 is 0. The minimum atomic E-state index is -0.146. The van der Waals surface area contributed by atoms with Crippen LogP contribution in [0.4, 0.5) is 0 Å². The van der Waals surface area contributed by atoms with Gasteiger partial charge in [0.2, 0.25) is 5.91 Å². The number of amides is 1. The van der Waals surface area contributed by atoms with Gasteiger partial charge in [-0.1, -0.05) is 53.6 Å². The molecule has 0 aliphatic heterocycles. The summed E-state index contributed by atoms with van der Waals surface area (Å²) in [6, 6.07) is 15.1. The minimum absolute atomic E-state index is 0.146. The Bertz CT molecular complexity index is 621. The van der Waals surface area contributed by atoms with Gasteiger partial charge in [0.05, 0.1) is 12.6 Å². The van der Waals surface area contributed by atoms with Crippen LogP contribution in [0.1, 0.15) is 16.7 Å². The SMILES string of the molecule is Cc1ccc(CC(=O)N/N=C\c2cccc(Cl)c2)cc1. The number of aryl methyl sites for hydroxylation is 1. The van der Waals surface area contributed by atoms with Gasteiger partial charge in [-0.2, -0.15) is 5.10 Å². The van der Waals surface area contributed by atoms with Crippen molar-refractivity contribution in [2.45, 2.75) is 13.3 Å². The Labute approximate surface area is 123 Å². The zero-order valence-corrected chi connectivity index (χ0v) is 11.9. The smallest absolute Gasteiger partial charge is 0.244 e. The Morgan fingerprint density at radius 3 is 2.70 bits per heavy atom. The predicted molar refractivity (Wildman–Crippen MR) is 82.1 cm³/mol. The summed E-state index contributed by atoms with van der Waals surface area (Å²) in [5.41, 5.74) is 5.48. The van der Waals surface area contributed by atoms with Crippen LogP contribution in [0.15, 0.2) is 53.6 Å².